The fourth-order valence-corrected chi connectivity index (χ4v) is 3.74. The minimum absolute atomic E-state index is 0.0185. The molecule has 0 spiro atoms. The monoisotopic (exact) mass is 378 g/mol. The zero-order valence-electron chi connectivity index (χ0n) is 13.4. The van der Waals surface area contributed by atoms with E-state index >= 15 is 0 Å². The summed E-state index contributed by atoms with van der Waals surface area (Å²) in [6.07, 6.45) is 2.62. The Hall–Kier alpha value is -3.01. The molecule has 0 aliphatic carbocycles. The lowest BCUT2D eigenvalue weighted by atomic mass is 10.3. The molecule has 0 saturated carbocycles. The molecule has 0 radical (unpaired) electrons. The van der Waals surface area contributed by atoms with Crippen LogP contribution in [0.2, 0.25) is 0 Å². The Kier molecular flexibility index (Phi) is 4.03. The van der Waals surface area contributed by atoms with Gasteiger partial charge in [-0.1, -0.05) is 0 Å². The molecule has 1 amide bonds. The van der Waals surface area contributed by atoms with Crippen molar-refractivity contribution in [3.05, 3.63) is 47.5 Å². The maximum absolute atomic E-state index is 12.1. The van der Waals surface area contributed by atoms with E-state index in [0.29, 0.717) is 17.2 Å². The van der Waals surface area contributed by atoms with Gasteiger partial charge >= 0.3 is 0 Å². The van der Waals surface area contributed by atoms with Crippen LogP contribution < -0.4 is 19.5 Å². The molecule has 1 atom stereocenters. The first kappa shape index (κ1) is 16.5. The van der Waals surface area contributed by atoms with E-state index in [1.807, 2.05) is 0 Å². The number of benzene rings is 1. The highest BCUT2D eigenvalue weighted by atomic mass is 32.2. The molecule has 2 aliphatic rings. The third-order valence-electron chi connectivity index (χ3n) is 3.74. The van der Waals surface area contributed by atoms with Gasteiger partial charge in [0.25, 0.3) is 5.91 Å². The SMILES string of the molecule is O=C(N[C@@H]1C=CS(=O)(=O)C1)c1coc(COc2ccc3c(c2)OCO3)n1. The van der Waals surface area contributed by atoms with Gasteiger partial charge in [0.15, 0.2) is 33.6 Å². The molecule has 2 aliphatic heterocycles. The number of rotatable bonds is 5. The predicted molar refractivity (Wildman–Crippen MR) is 87.6 cm³/mol. The summed E-state index contributed by atoms with van der Waals surface area (Å²) >= 11 is 0. The molecule has 3 heterocycles. The van der Waals surface area contributed by atoms with Gasteiger partial charge in [-0.25, -0.2) is 13.4 Å². The number of amides is 1. The molecule has 1 N–H and O–H groups in total. The van der Waals surface area contributed by atoms with E-state index < -0.39 is 21.8 Å². The van der Waals surface area contributed by atoms with Crippen molar-refractivity contribution in [2.24, 2.45) is 0 Å². The third kappa shape index (κ3) is 3.49. The van der Waals surface area contributed by atoms with E-state index in [0.717, 1.165) is 5.41 Å². The van der Waals surface area contributed by atoms with Crippen LogP contribution in [0.3, 0.4) is 0 Å². The lowest BCUT2D eigenvalue weighted by molar-refractivity contribution is 0.0942. The van der Waals surface area contributed by atoms with Crippen molar-refractivity contribution in [2.75, 3.05) is 12.5 Å². The number of nitrogens with zero attached hydrogens (tertiary/aromatic N) is 1. The third-order valence-corrected chi connectivity index (χ3v) is 5.13. The standard InChI is InChI=1S/C16H14N2O7S/c19-16(17-10-3-4-26(20,21)8-10)12-6-23-15(18-12)7-22-11-1-2-13-14(5-11)25-9-24-13/h1-6,10H,7-9H2,(H,17,19)/t10-/m1/s1. The van der Waals surface area contributed by atoms with E-state index in [2.05, 4.69) is 10.3 Å². The minimum Gasteiger partial charge on any atom is -0.484 e. The summed E-state index contributed by atoms with van der Waals surface area (Å²) < 4.78 is 43.9. The van der Waals surface area contributed by atoms with Gasteiger partial charge in [-0.15, -0.1) is 0 Å². The van der Waals surface area contributed by atoms with E-state index in [1.165, 1.54) is 12.3 Å². The Balaban J connectivity index is 1.34. The number of carbonyl (C=O) groups is 1. The molecule has 0 bridgehead atoms. The molecule has 0 unspecified atom stereocenters. The lowest BCUT2D eigenvalue weighted by Crippen LogP contribution is -2.35. The van der Waals surface area contributed by atoms with Crippen molar-refractivity contribution < 1.29 is 31.8 Å². The molecule has 1 aromatic carbocycles. The number of hydrogen-bond donors (Lipinski definition) is 1. The quantitative estimate of drug-likeness (QED) is 0.820. The second-order valence-corrected chi connectivity index (χ2v) is 7.60. The molecule has 4 rings (SSSR count). The van der Waals surface area contributed by atoms with Crippen molar-refractivity contribution in [3.63, 3.8) is 0 Å². The normalized spacial score (nSPS) is 19.5. The number of aromatic nitrogens is 1. The fraction of sp³-hybridized carbons (Fsp3) is 0.250. The first-order chi connectivity index (χ1) is 12.5. The number of carbonyl (C=O) groups excluding carboxylic acids is 1. The van der Waals surface area contributed by atoms with Crippen LogP contribution in [0.5, 0.6) is 17.2 Å². The first-order valence-electron chi connectivity index (χ1n) is 7.67. The number of hydrogen-bond acceptors (Lipinski definition) is 8. The molecule has 136 valence electrons. The summed E-state index contributed by atoms with van der Waals surface area (Å²) in [5.41, 5.74) is 0.0481. The topological polar surface area (TPSA) is 117 Å². The maximum atomic E-state index is 12.1. The van der Waals surface area contributed by atoms with Crippen LogP contribution in [-0.2, 0) is 16.4 Å². The average molecular weight is 378 g/mol. The second kappa shape index (κ2) is 6.37. The van der Waals surface area contributed by atoms with Gasteiger partial charge in [-0.2, -0.15) is 0 Å². The lowest BCUT2D eigenvalue weighted by Gasteiger charge is -2.07. The fourth-order valence-electron chi connectivity index (χ4n) is 2.50. The average Bonchev–Trinajstić information content (AvgIpc) is 3.32. The van der Waals surface area contributed by atoms with Crippen LogP contribution in [0.1, 0.15) is 16.4 Å². The summed E-state index contributed by atoms with van der Waals surface area (Å²) in [6.45, 7) is 0.194. The van der Waals surface area contributed by atoms with Crippen molar-refractivity contribution in [3.8, 4) is 17.2 Å². The summed E-state index contributed by atoms with van der Waals surface area (Å²) in [6, 6.07) is 4.57. The molecule has 0 saturated heterocycles. The molecule has 2 aromatic rings. The maximum Gasteiger partial charge on any atom is 0.273 e. The predicted octanol–water partition coefficient (Wildman–Crippen LogP) is 1.02. The van der Waals surface area contributed by atoms with Crippen molar-refractivity contribution >= 4 is 15.7 Å². The van der Waals surface area contributed by atoms with Gasteiger partial charge in [-0.05, 0) is 18.2 Å². The number of oxazole rings is 1. The number of ether oxygens (including phenoxy) is 3. The van der Waals surface area contributed by atoms with Crippen LogP contribution in [0.4, 0.5) is 0 Å². The van der Waals surface area contributed by atoms with Gasteiger partial charge < -0.3 is 23.9 Å². The first-order valence-corrected chi connectivity index (χ1v) is 9.39. The van der Waals surface area contributed by atoms with E-state index in [-0.39, 0.29) is 30.7 Å². The van der Waals surface area contributed by atoms with Crippen LogP contribution in [-0.4, -0.2) is 37.9 Å². The van der Waals surface area contributed by atoms with E-state index in [9.17, 15) is 13.2 Å². The Morgan fingerprint density at radius 1 is 1.31 bits per heavy atom. The number of sulfone groups is 1. The van der Waals surface area contributed by atoms with Crippen LogP contribution in [0.25, 0.3) is 0 Å². The molecule has 10 heteroatoms. The zero-order chi connectivity index (χ0) is 18.1. The van der Waals surface area contributed by atoms with Gasteiger partial charge in [0.05, 0.1) is 11.8 Å². The van der Waals surface area contributed by atoms with E-state index in [1.54, 1.807) is 18.2 Å². The van der Waals surface area contributed by atoms with Gasteiger partial charge in [0.1, 0.15) is 12.0 Å². The smallest absolute Gasteiger partial charge is 0.273 e. The Morgan fingerprint density at radius 3 is 2.96 bits per heavy atom. The largest absolute Gasteiger partial charge is 0.484 e. The minimum atomic E-state index is -3.24. The molecule has 0 fully saturated rings. The van der Waals surface area contributed by atoms with E-state index in [4.69, 9.17) is 18.6 Å². The Morgan fingerprint density at radius 2 is 2.15 bits per heavy atom. The van der Waals surface area contributed by atoms with Gasteiger partial charge in [0.2, 0.25) is 12.7 Å². The number of fused-ring (bicyclic) bond motifs is 1. The summed E-state index contributed by atoms with van der Waals surface area (Å²) in [7, 11) is -3.24. The Bertz CT molecular complexity index is 980. The van der Waals surface area contributed by atoms with Crippen molar-refractivity contribution in [2.45, 2.75) is 12.6 Å². The highest BCUT2D eigenvalue weighted by Gasteiger charge is 2.24. The van der Waals surface area contributed by atoms with Crippen LogP contribution >= 0.6 is 0 Å². The van der Waals surface area contributed by atoms with Crippen molar-refractivity contribution in [1.82, 2.24) is 10.3 Å². The zero-order valence-corrected chi connectivity index (χ0v) is 14.2. The molecular formula is C16H14N2O7S. The summed E-state index contributed by atoms with van der Waals surface area (Å²) in [5, 5.41) is 3.66. The van der Waals surface area contributed by atoms with Crippen LogP contribution in [0, 0.1) is 0 Å². The van der Waals surface area contributed by atoms with Gasteiger partial charge in [-0.3, -0.25) is 4.79 Å². The van der Waals surface area contributed by atoms with Gasteiger partial charge in [0, 0.05) is 11.5 Å². The molecular weight excluding hydrogens is 364 g/mol. The molecule has 1 aromatic heterocycles. The van der Waals surface area contributed by atoms with Crippen molar-refractivity contribution in [1.29, 1.82) is 0 Å². The summed E-state index contributed by atoms with van der Waals surface area (Å²) in [5.74, 6) is 1.32. The highest BCUT2D eigenvalue weighted by molar-refractivity contribution is 7.94. The van der Waals surface area contributed by atoms with Crippen LogP contribution in [0.15, 0.2) is 40.4 Å². The Labute approximate surface area is 148 Å². The molecule has 26 heavy (non-hydrogen) atoms. The summed E-state index contributed by atoms with van der Waals surface area (Å²) in [4.78, 5) is 16.1. The molecule has 9 nitrogen and oxygen atoms in total. The second-order valence-electron chi connectivity index (χ2n) is 5.67. The number of nitrogens with one attached hydrogen (secondary N) is 1. The highest BCUT2D eigenvalue weighted by Crippen LogP contribution is 2.35.